The van der Waals surface area contributed by atoms with Crippen LogP contribution in [-0.2, 0) is 6.42 Å². The molecule has 2 aromatic rings. The molecule has 0 spiro atoms. The summed E-state index contributed by atoms with van der Waals surface area (Å²) in [5.74, 6) is 0.988. The monoisotopic (exact) mass is 250 g/mol. The van der Waals surface area contributed by atoms with Gasteiger partial charge in [0.25, 0.3) is 0 Å². The Bertz CT molecular complexity index is 526. The van der Waals surface area contributed by atoms with E-state index in [-0.39, 0.29) is 0 Å². The number of hydrogen-bond acceptors (Lipinski definition) is 3. The van der Waals surface area contributed by atoms with E-state index in [0.29, 0.717) is 4.64 Å². The Hall–Kier alpha value is -1.00. The van der Waals surface area contributed by atoms with Crippen LogP contribution in [0, 0.1) is 11.6 Å². The minimum Gasteiger partial charge on any atom is -0.342 e. The molecular formula is C12H14N2S2. The normalized spacial score (nSPS) is 10.6. The van der Waals surface area contributed by atoms with Gasteiger partial charge in [-0.3, -0.25) is 0 Å². The number of nitrogens with zero attached hydrogens (tertiary/aromatic N) is 1. The van der Waals surface area contributed by atoms with Crippen LogP contribution in [0.3, 0.4) is 0 Å². The van der Waals surface area contributed by atoms with Gasteiger partial charge in [-0.1, -0.05) is 25.2 Å². The van der Waals surface area contributed by atoms with Gasteiger partial charge in [0, 0.05) is 12.0 Å². The Morgan fingerprint density at radius 1 is 1.50 bits per heavy atom. The molecule has 0 radical (unpaired) electrons. The Labute approximate surface area is 104 Å². The van der Waals surface area contributed by atoms with Crippen molar-refractivity contribution in [3.05, 3.63) is 33.5 Å². The largest absolute Gasteiger partial charge is 0.342 e. The van der Waals surface area contributed by atoms with E-state index >= 15 is 0 Å². The highest BCUT2D eigenvalue weighted by Crippen LogP contribution is 2.26. The van der Waals surface area contributed by atoms with Crippen molar-refractivity contribution >= 4 is 23.6 Å². The molecule has 2 rings (SSSR count). The number of rotatable bonds is 3. The first-order valence-electron chi connectivity index (χ1n) is 5.36. The smallest absolute Gasteiger partial charge is 0.133 e. The van der Waals surface area contributed by atoms with Gasteiger partial charge < -0.3 is 4.98 Å². The molecule has 0 saturated carbocycles. The summed E-state index contributed by atoms with van der Waals surface area (Å²) in [6.07, 6.45) is 2.02. The zero-order chi connectivity index (χ0) is 11.5. The highest BCUT2D eigenvalue weighted by atomic mass is 32.1. The molecule has 4 heteroatoms. The van der Waals surface area contributed by atoms with Crippen LogP contribution in [0.15, 0.2) is 17.5 Å². The number of aromatic nitrogens is 2. The van der Waals surface area contributed by atoms with Crippen LogP contribution in [0.2, 0.25) is 0 Å². The minimum atomic E-state index is 0.714. The van der Waals surface area contributed by atoms with Crippen molar-refractivity contribution in [1.29, 1.82) is 0 Å². The third-order valence-corrected chi connectivity index (χ3v) is 3.74. The minimum absolute atomic E-state index is 0.714. The zero-order valence-electron chi connectivity index (χ0n) is 9.41. The van der Waals surface area contributed by atoms with Crippen molar-refractivity contribution in [2.45, 2.75) is 26.7 Å². The van der Waals surface area contributed by atoms with Gasteiger partial charge in [0.1, 0.15) is 10.5 Å². The lowest BCUT2D eigenvalue weighted by molar-refractivity contribution is 0.830. The lowest BCUT2D eigenvalue weighted by Crippen LogP contribution is -1.99. The van der Waals surface area contributed by atoms with E-state index in [0.717, 1.165) is 29.9 Å². The first-order chi connectivity index (χ1) is 7.72. The maximum atomic E-state index is 5.29. The van der Waals surface area contributed by atoms with Crippen LogP contribution in [0.25, 0.3) is 10.6 Å². The third-order valence-electron chi connectivity index (χ3n) is 2.46. The molecule has 0 aliphatic carbocycles. The van der Waals surface area contributed by atoms with Crippen LogP contribution in [0.5, 0.6) is 0 Å². The molecule has 2 aromatic heterocycles. The van der Waals surface area contributed by atoms with Gasteiger partial charge >= 0.3 is 0 Å². The topological polar surface area (TPSA) is 28.7 Å². The number of H-pyrrole nitrogens is 1. The Kier molecular flexibility index (Phi) is 3.51. The average molecular weight is 250 g/mol. The van der Waals surface area contributed by atoms with Gasteiger partial charge in [-0.2, -0.15) is 0 Å². The number of thiophene rings is 1. The van der Waals surface area contributed by atoms with E-state index < -0.39 is 0 Å². The van der Waals surface area contributed by atoms with E-state index in [2.05, 4.69) is 34.4 Å². The summed E-state index contributed by atoms with van der Waals surface area (Å²) >= 11 is 7.01. The first kappa shape index (κ1) is 11.5. The number of aryl methyl sites for hydroxylation is 1. The van der Waals surface area contributed by atoms with Crippen molar-refractivity contribution in [1.82, 2.24) is 9.97 Å². The lowest BCUT2D eigenvalue weighted by Gasteiger charge is -2.07. The second-order valence-corrected chi connectivity index (χ2v) is 5.05. The Balaban J connectivity index is 2.56. The van der Waals surface area contributed by atoms with Crippen molar-refractivity contribution in [2.24, 2.45) is 0 Å². The second kappa shape index (κ2) is 4.89. The van der Waals surface area contributed by atoms with Gasteiger partial charge in [0.05, 0.1) is 10.6 Å². The van der Waals surface area contributed by atoms with E-state index in [1.807, 2.05) is 6.92 Å². The average Bonchev–Trinajstić information content (AvgIpc) is 2.76. The van der Waals surface area contributed by atoms with Crippen LogP contribution in [-0.4, -0.2) is 9.97 Å². The van der Waals surface area contributed by atoms with Crippen molar-refractivity contribution in [3.8, 4) is 10.6 Å². The molecule has 0 fully saturated rings. The second-order valence-electron chi connectivity index (χ2n) is 3.72. The van der Waals surface area contributed by atoms with Crippen molar-refractivity contribution in [3.63, 3.8) is 0 Å². The fraction of sp³-hybridized carbons (Fsp3) is 0.333. The Morgan fingerprint density at radius 2 is 2.31 bits per heavy atom. The predicted octanol–water partition coefficient (Wildman–Crippen LogP) is 4.13. The predicted molar refractivity (Wildman–Crippen MR) is 71.5 cm³/mol. The summed E-state index contributed by atoms with van der Waals surface area (Å²) in [6.45, 7) is 4.17. The van der Waals surface area contributed by atoms with Gasteiger partial charge in [0.15, 0.2) is 0 Å². The van der Waals surface area contributed by atoms with Crippen LogP contribution >= 0.6 is 23.6 Å². The van der Waals surface area contributed by atoms with Crippen LogP contribution < -0.4 is 0 Å². The van der Waals surface area contributed by atoms with Crippen molar-refractivity contribution in [2.75, 3.05) is 0 Å². The van der Waals surface area contributed by atoms with Gasteiger partial charge in [-0.05, 0) is 24.8 Å². The molecule has 0 saturated heterocycles. The third kappa shape index (κ3) is 2.23. The maximum Gasteiger partial charge on any atom is 0.133 e. The molecule has 2 nitrogen and oxygen atoms in total. The molecule has 0 unspecified atom stereocenters. The number of hydrogen-bond donors (Lipinski definition) is 1. The molecular weight excluding hydrogens is 236 g/mol. The molecule has 0 bridgehead atoms. The SMILES string of the molecule is CCCc1nc(=S)c(C)c(-c2cccs2)[nH]1. The fourth-order valence-corrected chi connectivity index (χ4v) is 2.60. The highest BCUT2D eigenvalue weighted by molar-refractivity contribution is 7.71. The quantitative estimate of drug-likeness (QED) is 0.830. The molecule has 84 valence electrons. The molecule has 2 heterocycles. The molecule has 0 aliphatic rings. The fourth-order valence-electron chi connectivity index (χ4n) is 1.60. The summed E-state index contributed by atoms with van der Waals surface area (Å²) in [7, 11) is 0. The van der Waals surface area contributed by atoms with E-state index in [4.69, 9.17) is 12.2 Å². The van der Waals surface area contributed by atoms with E-state index in [9.17, 15) is 0 Å². The summed E-state index contributed by atoms with van der Waals surface area (Å²) in [4.78, 5) is 9.01. The molecule has 0 atom stereocenters. The summed E-state index contributed by atoms with van der Waals surface area (Å²) < 4.78 is 0.714. The van der Waals surface area contributed by atoms with E-state index in [1.54, 1.807) is 11.3 Å². The molecule has 16 heavy (non-hydrogen) atoms. The van der Waals surface area contributed by atoms with Gasteiger partial charge in [-0.25, -0.2) is 4.98 Å². The zero-order valence-corrected chi connectivity index (χ0v) is 11.0. The molecule has 0 amide bonds. The highest BCUT2D eigenvalue weighted by Gasteiger charge is 2.07. The lowest BCUT2D eigenvalue weighted by atomic mass is 10.2. The van der Waals surface area contributed by atoms with Crippen molar-refractivity contribution < 1.29 is 0 Å². The molecule has 0 aromatic carbocycles. The number of aromatic amines is 1. The standard InChI is InChI=1S/C12H14N2S2/c1-3-5-10-13-11(8(2)12(15)14-10)9-6-4-7-16-9/h4,6-7H,3,5H2,1-2H3,(H,13,14,15). The van der Waals surface area contributed by atoms with Gasteiger partial charge in [-0.15, -0.1) is 11.3 Å². The Morgan fingerprint density at radius 3 is 2.94 bits per heavy atom. The molecule has 1 N–H and O–H groups in total. The van der Waals surface area contributed by atoms with Crippen LogP contribution in [0.4, 0.5) is 0 Å². The van der Waals surface area contributed by atoms with Gasteiger partial charge in [0.2, 0.25) is 0 Å². The van der Waals surface area contributed by atoms with Crippen LogP contribution in [0.1, 0.15) is 24.7 Å². The van der Waals surface area contributed by atoms with E-state index in [1.165, 1.54) is 4.88 Å². The maximum absolute atomic E-state index is 5.29. The first-order valence-corrected chi connectivity index (χ1v) is 6.65. The summed E-state index contributed by atoms with van der Waals surface area (Å²) in [5, 5.41) is 2.07. The number of nitrogens with one attached hydrogen (secondary N) is 1. The summed E-state index contributed by atoms with van der Waals surface area (Å²) in [6, 6.07) is 4.16. The summed E-state index contributed by atoms with van der Waals surface area (Å²) in [5.41, 5.74) is 2.19. The molecule has 0 aliphatic heterocycles.